The third-order valence-electron chi connectivity index (χ3n) is 2.62. The molecule has 0 aliphatic heterocycles. The zero-order valence-corrected chi connectivity index (χ0v) is 11.0. The summed E-state index contributed by atoms with van der Waals surface area (Å²) in [4.78, 5) is 0. The van der Waals surface area contributed by atoms with Crippen molar-refractivity contribution >= 4 is 15.9 Å². The van der Waals surface area contributed by atoms with Gasteiger partial charge in [-0.1, -0.05) is 29.3 Å². The number of alkyl halides is 1. The summed E-state index contributed by atoms with van der Waals surface area (Å²) in [6, 6.07) is 0. The average Bonchev–Trinajstić information content (AvgIpc) is 2.12. The standard InChI is InChI=1S/C11H23BrO/c1-5-6-10(9-12)7-8-11(2,3)13-4/h10H,5-9H2,1-4H3. The van der Waals surface area contributed by atoms with E-state index in [2.05, 4.69) is 36.7 Å². The van der Waals surface area contributed by atoms with Crippen LogP contribution in [0.25, 0.3) is 0 Å². The van der Waals surface area contributed by atoms with Gasteiger partial charge in [-0.05, 0) is 39.0 Å². The second kappa shape index (κ2) is 6.83. The van der Waals surface area contributed by atoms with Crippen molar-refractivity contribution in [3.8, 4) is 0 Å². The Kier molecular flexibility index (Phi) is 7.06. The normalized spacial score (nSPS) is 14.5. The maximum Gasteiger partial charge on any atom is 0.0622 e. The van der Waals surface area contributed by atoms with Gasteiger partial charge >= 0.3 is 0 Å². The van der Waals surface area contributed by atoms with E-state index in [1.54, 1.807) is 7.11 Å². The van der Waals surface area contributed by atoms with Crippen LogP contribution in [0.5, 0.6) is 0 Å². The molecule has 1 atom stereocenters. The van der Waals surface area contributed by atoms with E-state index < -0.39 is 0 Å². The largest absolute Gasteiger partial charge is 0.379 e. The lowest BCUT2D eigenvalue weighted by Crippen LogP contribution is -2.23. The van der Waals surface area contributed by atoms with Crippen molar-refractivity contribution in [3.63, 3.8) is 0 Å². The summed E-state index contributed by atoms with van der Waals surface area (Å²) in [5, 5.41) is 1.13. The summed E-state index contributed by atoms with van der Waals surface area (Å²) >= 11 is 3.57. The Morgan fingerprint density at radius 2 is 1.92 bits per heavy atom. The van der Waals surface area contributed by atoms with Crippen LogP contribution >= 0.6 is 15.9 Å². The van der Waals surface area contributed by atoms with Crippen LogP contribution in [-0.4, -0.2) is 18.0 Å². The van der Waals surface area contributed by atoms with Gasteiger partial charge in [-0.15, -0.1) is 0 Å². The summed E-state index contributed by atoms with van der Waals surface area (Å²) in [6.07, 6.45) is 5.02. The third-order valence-corrected chi connectivity index (χ3v) is 3.54. The molecule has 0 heterocycles. The third kappa shape index (κ3) is 6.50. The molecule has 0 rings (SSSR count). The molecular weight excluding hydrogens is 228 g/mol. The fraction of sp³-hybridized carbons (Fsp3) is 1.00. The molecule has 1 unspecified atom stereocenters. The van der Waals surface area contributed by atoms with Gasteiger partial charge in [-0.2, -0.15) is 0 Å². The van der Waals surface area contributed by atoms with Gasteiger partial charge < -0.3 is 4.74 Å². The summed E-state index contributed by atoms with van der Waals surface area (Å²) in [5.74, 6) is 0.819. The predicted molar refractivity (Wildman–Crippen MR) is 62.5 cm³/mol. The highest BCUT2D eigenvalue weighted by Gasteiger charge is 2.18. The lowest BCUT2D eigenvalue weighted by molar-refractivity contribution is 0.0108. The van der Waals surface area contributed by atoms with E-state index in [0.717, 1.165) is 17.7 Å². The molecule has 0 aromatic heterocycles. The lowest BCUT2D eigenvalue weighted by atomic mass is 9.93. The van der Waals surface area contributed by atoms with Crippen molar-refractivity contribution in [2.45, 2.75) is 52.1 Å². The highest BCUT2D eigenvalue weighted by atomic mass is 79.9. The summed E-state index contributed by atoms with van der Waals surface area (Å²) in [7, 11) is 1.79. The Bertz CT molecular complexity index is 123. The van der Waals surface area contributed by atoms with Crippen molar-refractivity contribution < 1.29 is 4.74 Å². The molecule has 0 amide bonds. The van der Waals surface area contributed by atoms with E-state index in [-0.39, 0.29) is 5.60 Å². The van der Waals surface area contributed by atoms with Crippen molar-refractivity contribution in [1.29, 1.82) is 0 Å². The quantitative estimate of drug-likeness (QED) is 0.621. The second-order valence-electron chi connectivity index (χ2n) is 4.31. The molecule has 1 nitrogen and oxygen atoms in total. The zero-order valence-electron chi connectivity index (χ0n) is 9.40. The van der Waals surface area contributed by atoms with E-state index in [1.165, 1.54) is 19.3 Å². The molecule has 0 aromatic rings. The first-order valence-electron chi connectivity index (χ1n) is 5.17. The van der Waals surface area contributed by atoms with Crippen LogP contribution in [0.1, 0.15) is 46.5 Å². The second-order valence-corrected chi connectivity index (χ2v) is 4.96. The van der Waals surface area contributed by atoms with Crippen molar-refractivity contribution in [2.75, 3.05) is 12.4 Å². The van der Waals surface area contributed by atoms with Gasteiger partial charge in [0.2, 0.25) is 0 Å². The Morgan fingerprint density at radius 1 is 1.31 bits per heavy atom. The van der Waals surface area contributed by atoms with Crippen LogP contribution in [0.3, 0.4) is 0 Å². The SMILES string of the molecule is CCCC(CBr)CCC(C)(C)OC. The number of rotatable bonds is 7. The summed E-state index contributed by atoms with van der Waals surface area (Å²) in [6.45, 7) is 6.56. The Hall–Kier alpha value is 0.440. The summed E-state index contributed by atoms with van der Waals surface area (Å²) in [5.41, 5.74) is 0.0498. The fourth-order valence-corrected chi connectivity index (χ4v) is 2.01. The molecule has 0 radical (unpaired) electrons. The molecular formula is C11H23BrO. The van der Waals surface area contributed by atoms with Gasteiger partial charge in [0.1, 0.15) is 0 Å². The predicted octanol–water partition coefficient (Wildman–Crippen LogP) is 4.00. The number of halogens is 1. The molecule has 0 N–H and O–H groups in total. The molecule has 13 heavy (non-hydrogen) atoms. The van der Waals surface area contributed by atoms with E-state index >= 15 is 0 Å². The Balaban J connectivity index is 3.70. The van der Waals surface area contributed by atoms with Crippen LogP contribution in [0.15, 0.2) is 0 Å². The number of hydrogen-bond donors (Lipinski definition) is 0. The van der Waals surface area contributed by atoms with Gasteiger partial charge in [0.05, 0.1) is 5.60 Å². The first kappa shape index (κ1) is 13.4. The van der Waals surface area contributed by atoms with Gasteiger partial charge in [-0.25, -0.2) is 0 Å². The molecule has 2 heteroatoms. The molecule has 0 spiro atoms. The van der Waals surface area contributed by atoms with E-state index in [9.17, 15) is 0 Å². The minimum Gasteiger partial charge on any atom is -0.379 e. The van der Waals surface area contributed by atoms with Crippen LogP contribution in [0.2, 0.25) is 0 Å². The maximum absolute atomic E-state index is 5.40. The number of ether oxygens (including phenoxy) is 1. The molecule has 0 bridgehead atoms. The average molecular weight is 251 g/mol. The number of hydrogen-bond acceptors (Lipinski definition) is 1. The molecule has 0 saturated carbocycles. The van der Waals surface area contributed by atoms with Gasteiger partial charge in [0.15, 0.2) is 0 Å². The molecule has 0 aliphatic carbocycles. The first-order valence-corrected chi connectivity index (χ1v) is 6.29. The van der Waals surface area contributed by atoms with E-state index in [0.29, 0.717) is 0 Å². The van der Waals surface area contributed by atoms with Gasteiger partial charge in [0.25, 0.3) is 0 Å². The Labute approximate surface area is 91.4 Å². The smallest absolute Gasteiger partial charge is 0.0622 e. The highest BCUT2D eigenvalue weighted by Crippen LogP contribution is 2.23. The van der Waals surface area contributed by atoms with Crippen LogP contribution in [0, 0.1) is 5.92 Å². The fourth-order valence-electron chi connectivity index (χ4n) is 1.36. The molecule has 0 aliphatic rings. The topological polar surface area (TPSA) is 9.23 Å². The molecule has 0 fully saturated rings. The van der Waals surface area contributed by atoms with Crippen molar-refractivity contribution in [2.24, 2.45) is 5.92 Å². The molecule has 0 aromatic carbocycles. The van der Waals surface area contributed by atoms with Gasteiger partial charge in [0, 0.05) is 12.4 Å². The van der Waals surface area contributed by atoms with Crippen LogP contribution in [0.4, 0.5) is 0 Å². The van der Waals surface area contributed by atoms with Crippen LogP contribution < -0.4 is 0 Å². The number of methoxy groups -OCH3 is 1. The monoisotopic (exact) mass is 250 g/mol. The van der Waals surface area contributed by atoms with Crippen molar-refractivity contribution in [1.82, 2.24) is 0 Å². The maximum atomic E-state index is 5.40. The van der Waals surface area contributed by atoms with Crippen molar-refractivity contribution in [3.05, 3.63) is 0 Å². The summed E-state index contributed by atoms with van der Waals surface area (Å²) < 4.78 is 5.40. The van der Waals surface area contributed by atoms with Crippen LogP contribution in [-0.2, 0) is 4.74 Å². The van der Waals surface area contributed by atoms with E-state index in [1.807, 2.05) is 0 Å². The Morgan fingerprint density at radius 3 is 2.31 bits per heavy atom. The minimum atomic E-state index is 0.0498. The van der Waals surface area contributed by atoms with E-state index in [4.69, 9.17) is 4.74 Å². The molecule has 0 saturated heterocycles. The lowest BCUT2D eigenvalue weighted by Gasteiger charge is -2.25. The molecule has 80 valence electrons. The van der Waals surface area contributed by atoms with Gasteiger partial charge in [-0.3, -0.25) is 0 Å². The zero-order chi connectivity index (χ0) is 10.3. The highest BCUT2D eigenvalue weighted by molar-refractivity contribution is 9.09. The first-order chi connectivity index (χ1) is 6.05. The minimum absolute atomic E-state index is 0.0498.